The molecule has 0 saturated carbocycles. The summed E-state index contributed by atoms with van der Waals surface area (Å²) in [6.07, 6.45) is 1.73. The van der Waals surface area contributed by atoms with Crippen LogP contribution >= 0.6 is 0 Å². The molecular weight excluding hydrogens is 376 g/mol. The first-order valence-electron chi connectivity index (χ1n) is 9.61. The SMILES string of the molecule is COc1ccc(-c2cc[o+]c(-c3ccc(OC)cc3)c2-c2ccc(OC)cc2)cc1. The lowest BCUT2D eigenvalue weighted by atomic mass is 9.92. The molecule has 150 valence electrons. The molecule has 0 fully saturated rings. The van der Waals surface area contributed by atoms with Crippen molar-refractivity contribution in [2.75, 3.05) is 21.3 Å². The number of benzene rings is 3. The molecule has 0 saturated heterocycles. The summed E-state index contributed by atoms with van der Waals surface area (Å²) in [5.74, 6) is 3.22. The maximum absolute atomic E-state index is 6.04. The second kappa shape index (κ2) is 8.70. The second-order valence-electron chi connectivity index (χ2n) is 6.72. The van der Waals surface area contributed by atoms with Gasteiger partial charge in [-0.2, -0.15) is 0 Å². The highest BCUT2D eigenvalue weighted by molar-refractivity contribution is 5.92. The van der Waals surface area contributed by atoms with E-state index in [0.29, 0.717) is 0 Å². The van der Waals surface area contributed by atoms with Gasteiger partial charge in [0.1, 0.15) is 17.2 Å². The Balaban J connectivity index is 1.92. The molecule has 0 aliphatic rings. The van der Waals surface area contributed by atoms with Gasteiger partial charge in [-0.25, -0.2) is 4.42 Å². The summed E-state index contributed by atoms with van der Waals surface area (Å²) in [5.41, 5.74) is 5.16. The third-order valence-electron chi connectivity index (χ3n) is 5.05. The van der Waals surface area contributed by atoms with Gasteiger partial charge in [0.2, 0.25) is 0 Å². The van der Waals surface area contributed by atoms with Crippen molar-refractivity contribution in [3.63, 3.8) is 0 Å². The van der Waals surface area contributed by atoms with Crippen LogP contribution in [0.3, 0.4) is 0 Å². The monoisotopic (exact) mass is 399 g/mol. The van der Waals surface area contributed by atoms with E-state index in [-0.39, 0.29) is 0 Å². The largest absolute Gasteiger partial charge is 0.497 e. The van der Waals surface area contributed by atoms with Gasteiger partial charge in [0.05, 0.1) is 32.5 Å². The van der Waals surface area contributed by atoms with Crippen LogP contribution in [0.2, 0.25) is 0 Å². The van der Waals surface area contributed by atoms with Gasteiger partial charge in [0.25, 0.3) is 0 Å². The van der Waals surface area contributed by atoms with Crippen LogP contribution in [-0.4, -0.2) is 21.3 Å². The number of hydrogen-bond acceptors (Lipinski definition) is 3. The predicted octanol–water partition coefficient (Wildman–Crippen LogP) is 6.59. The molecule has 0 radical (unpaired) electrons. The lowest BCUT2D eigenvalue weighted by Gasteiger charge is -2.10. The van der Waals surface area contributed by atoms with Crippen LogP contribution in [0.25, 0.3) is 33.6 Å². The van der Waals surface area contributed by atoms with E-state index < -0.39 is 0 Å². The van der Waals surface area contributed by atoms with Gasteiger partial charge in [-0.3, -0.25) is 0 Å². The molecule has 0 aliphatic carbocycles. The van der Waals surface area contributed by atoms with E-state index in [0.717, 1.165) is 50.8 Å². The van der Waals surface area contributed by atoms with E-state index >= 15 is 0 Å². The Bertz CT molecular complexity index is 1050. The van der Waals surface area contributed by atoms with Gasteiger partial charge in [-0.1, -0.05) is 24.3 Å². The fourth-order valence-electron chi connectivity index (χ4n) is 3.44. The Morgan fingerprint density at radius 3 is 1.40 bits per heavy atom. The molecular formula is C26H23O4+. The van der Waals surface area contributed by atoms with Crippen molar-refractivity contribution in [2.24, 2.45) is 0 Å². The number of rotatable bonds is 6. The molecule has 4 heteroatoms. The third-order valence-corrected chi connectivity index (χ3v) is 5.05. The quantitative estimate of drug-likeness (QED) is 0.343. The Morgan fingerprint density at radius 1 is 0.500 bits per heavy atom. The van der Waals surface area contributed by atoms with Crippen LogP contribution in [0.15, 0.2) is 89.5 Å². The Kier molecular flexibility index (Phi) is 5.66. The molecule has 3 aromatic carbocycles. The van der Waals surface area contributed by atoms with Crippen molar-refractivity contribution in [1.82, 2.24) is 0 Å². The lowest BCUT2D eigenvalue weighted by molar-refractivity contribution is 0.414. The van der Waals surface area contributed by atoms with E-state index in [1.165, 1.54) is 0 Å². The van der Waals surface area contributed by atoms with Crippen LogP contribution in [0.1, 0.15) is 0 Å². The maximum atomic E-state index is 6.04. The lowest BCUT2D eigenvalue weighted by Crippen LogP contribution is -1.92. The van der Waals surface area contributed by atoms with Gasteiger partial charge in [0, 0.05) is 11.6 Å². The molecule has 1 aromatic heterocycles. The fraction of sp³-hybridized carbons (Fsp3) is 0.115. The molecule has 4 nitrogen and oxygen atoms in total. The Labute approximate surface area is 176 Å². The van der Waals surface area contributed by atoms with Crippen molar-refractivity contribution < 1.29 is 18.6 Å². The minimum absolute atomic E-state index is 0.788. The van der Waals surface area contributed by atoms with Gasteiger partial charge in [-0.05, 0) is 59.7 Å². The third kappa shape index (κ3) is 3.85. The van der Waals surface area contributed by atoms with Gasteiger partial charge in [-0.15, -0.1) is 0 Å². The highest BCUT2D eigenvalue weighted by Crippen LogP contribution is 2.41. The zero-order chi connectivity index (χ0) is 20.9. The number of ether oxygens (including phenoxy) is 3. The Morgan fingerprint density at radius 2 is 0.933 bits per heavy atom. The average Bonchev–Trinajstić information content (AvgIpc) is 2.84. The predicted molar refractivity (Wildman–Crippen MR) is 119 cm³/mol. The molecule has 0 bridgehead atoms. The van der Waals surface area contributed by atoms with E-state index in [9.17, 15) is 0 Å². The van der Waals surface area contributed by atoms with E-state index in [4.69, 9.17) is 18.6 Å². The molecule has 0 unspecified atom stereocenters. The summed E-state index contributed by atoms with van der Waals surface area (Å²) in [5, 5.41) is 0. The zero-order valence-corrected chi connectivity index (χ0v) is 17.2. The van der Waals surface area contributed by atoms with Crippen molar-refractivity contribution in [3.05, 3.63) is 85.1 Å². The van der Waals surface area contributed by atoms with Crippen LogP contribution in [0.5, 0.6) is 17.2 Å². The summed E-state index contributed by atoms with van der Waals surface area (Å²) in [6, 6.07) is 25.9. The molecule has 30 heavy (non-hydrogen) atoms. The summed E-state index contributed by atoms with van der Waals surface area (Å²) in [6.45, 7) is 0. The van der Waals surface area contributed by atoms with E-state index in [2.05, 4.69) is 12.1 Å². The highest BCUT2D eigenvalue weighted by atomic mass is 16.5. The zero-order valence-electron chi connectivity index (χ0n) is 17.2. The normalized spacial score (nSPS) is 10.5. The summed E-state index contributed by atoms with van der Waals surface area (Å²) >= 11 is 0. The highest BCUT2D eigenvalue weighted by Gasteiger charge is 2.24. The minimum atomic E-state index is 0.788. The van der Waals surface area contributed by atoms with Crippen LogP contribution in [0, 0.1) is 0 Å². The van der Waals surface area contributed by atoms with Crippen LogP contribution in [-0.2, 0) is 0 Å². The standard InChI is InChI=1S/C26H23O4/c1-27-21-10-4-18(5-11-21)24-16-17-30-26(20-8-14-23(29-3)15-9-20)25(24)19-6-12-22(28-2)13-7-19/h4-17H,1-3H3/q+1. The van der Waals surface area contributed by atoms with E-state index in [1.54, 1.807) is 27.6 Å². The topological polar surface area (TPSA) is 39.0 Å². The first-order chi connectivity index (χ1) is 14.7. The van der Waals surface area contributed by atoms with Crippen molar-refractivity contribution in [2.45, 2.75) is 0 Å². The van der Waals surface area contributed by atoms with Crippen molar-refractivity contribution in [1.29, 1.82) is 0 Å². The molecule has 0 aliphatic heterocycles. The van der Waals surface area contributed by atoms with E-state index in [1.807, 2.05) is 66.7 Å². The molecule has 0 amide bonds. The molecule has 4 aromatic rings. The molecule has 1 heterocycles. The summed E-state index contributed by atoms with van der Waals surface area (Å²) < 4.78 is 22.0. The van der Waals surface area contributed by atoms with Gasteiger partial charge in [0.15, 0.2) is 0 Å². The molecule has 0 N–H and O–H groups in total. The van der Waals surface area contributed by atoms with Gasteiger partial charge >= 0.3 is 12.0 Å². The van der Waals surface area contributed by atoms with Gasteiger partial charge < -0.3 is 14.2 Å². The average molecular weight is 399 g/mol. The summed E-state index contributed by atoms with van der Waals surface area (Å²) in [7, 11) is 4.99. The van der Waals surface area contributed by atoms with Crippen molar-refractivity contribution >= 4 is 0 Å². The van der Waals surface area contributed by atoms with Crippen molar-refractivity contribution in [3.8, 4) is 50.8 Å². The molecule has 0 spiro atoms. The summed E-state index contributed by atoms with van der Waals surface area (Å²) in [4.78, 5) is 0. The van der Waals surface area contributed by atoms with Crippen LogP contribution in [0.4, 0.5) is 0 Å². The number of methoxy groups -OCH3 is 3. The number of hydrogen-bond donors (Lipinski definition) is 0. The second-order valence-corrected chi connectivity index (χ2v) is 6.72. The smallest absolute Gasteiger partial charge is 0.368 e. The fourth-order valence-corrected chi connectivity index (χ4v) is 3.44. The van der Waals surface area contributed by atoms with Crippen LogP contribution < -0.4 is 14.2 Å². The molecule has 0 atom stereocenters. The first-order valence-corrected chi connectivity index (χ1v) is 9.61. The maximum Gasteiger partial charge on any atom is 0.368 e. The minimum Gasteiger partial charge on any atom is -0.497 e. The first kappa shape index (κ1) is 19.5. The Hall–Kier alpha value is -3.79. The molecule has 4 rings (SSSR count).